The number of nitrogens with one attached hydrogen (secondary N) is 2. The molecule has 0 spiro atoms. The van der Waals surface area contributed by atoms with Crippen LogP contribution in [0.4, 0.5) is 5.69 Å². The van der Waals surface area contributed by atoms with Gasteiger partial charge >= 0.3 is 0 Å². The highest BCUT2D eigenvalue weighted by molar-refractivity contribution is 9.10. The summed E-state index contributed by atoms with van der Waals surface area (Å²) in [5, 5.41) is 6.37. The topological polar surface area (TPSA) is 67.2 Å². The number of hydrogen-bond acceptors (Lipinski definition) is 4. The summed E-state index contributed by atoms with van der Waals surface area (Å²) in [6.45, 7) is 0. The third-order valence-electron chi connectivity index (χ3n) is 4.15. The zero-order chi connectivity index (χ0) is 21.3. The number of oxazole rings is 1. The SMILES string of the molecule is O=C(NC(=S)Nc1ccc2oc(-c3ccccc3Br)nc2c1)c1ccc(Cl)cc1Cl. The van der Waals surface area contributed by atoms with Gasteiger partial charge in [-0.25, -0.2) is 4.98 Å². The molecule has 1 heterocycles. The lowest BCUT2D eigenvalue weighted by Crippen LogP contribution is -2.34. The van der Waals surface area contributed by atoms with Gasteiger partial charge in [-0.3, -0.25) is 10.1 Å². The Morgan fingerprint density at radius 1 is 1.07 bits per heavy atom. The summed E-state index contributed by atoms with van der Waals surface area (Å²) in [5.74, 6) is 0.0655. The number of anilines is 1. The highest BCUT2D eigenvalue weighted by atomic mass is 79.9. The van der Waals surface area contributed by atoms with Crippen LogP contribution in [0.2, 0.25) is 10.0 Å². The van der Waals surface area contributed by atoms with Crippen molar-refractivity contribution in [3.8, 4) is 11.5 Å². The van der Waals surface area contributed by atoms with Crippen molar-refractivity contribution in [2.45, 2.75) is 0 Å². The van der Waals surface area contributed by atoms with E-state index in [9.17, 15) is 4.79 Å². The molecule has 3 aromatic carbocycles. The summed E-state index contributed by atoms with van der Waals surface area (Å²) < 4.78 is 6.73. The summed E-state index contributed by atoms with van der Waals surface area (Å²) in [5.41, 5.74) is 3.07. The highest BCUT2D eigenvalue weighted by Crippen LogP contribution is 2.31. The lowest BCUT2D eigenvalue weighted by atomic mass is 10.2. The van der Waals surface area contributed by atoms with Crippen molar-refractivity contribution in [3.05, 3.63) is 80.7 Å². The number of nitrogens with zero attached hydrogens (tertiary/aromatic N) is 1. The molecule has 0 aliphatic heterocycles. The lowest BCUT2D eigenvalue weighted by molar-refractivity contribution is 0.0978. The third-order valence-corrected chi connectivity index (χ3v) is 5.60. The first kappa shape index (κ1) is 20.8. The monoisotopic (exact) mass is 519 g/mol. The number of amides is 1. The van der Waals surface area contributed by atoms with Gasteiger partial charge in [0.15, 0.2) is 10.7 Å². The van der Waals surface area contributed by atoms with E-state index in [1.54, 1.807) is 24.3 Å². The zero-order valence-electron chi connectivity index (χ0n) is 15.1. The maximum Gasteiger partial charge on any atom is 0.258 e. The number of carbonyl (C=O) groups excluding carboxylic acids is 1. The number of carbonyl (C=O) groups is 1. The van der Waals surface area contributed by atoms with E-state index in [1.807, 2.05) is 24.3 Å². The van der Waals surface area contributed by atoms with Crippen LogP contribution < -0.4 is 10.6 Å². The maximum absolute atomic E-state index is 12.4. The van der Waals surface area contributed by atoms with E-state index < -0.39 is 5.91 Å². The van der Waals surface area contributed by atoms with E-state index in [2.05, 4.69) is 31.5 Å². The molecule has 0 aliphatic carbocycles. The molecular weight excluding hydrogens is 509 g/mol. The molecule has 0 unspecified atom stereocenters. The molecule has 0 saturated heterocycles. The van der Waals surface area contributed by atoms with Crippen LogP contribution in [0.5, 0.6) is 0 Å². The summed E-state index contributed by atoms with van der Waals surface area (Å²) in [6, 6.07) is 17.6. The fourth-order valence-corrected chi connectivity index (χ4v) is 3.92. The van der Waals surface area contributed by atoms with Crippen LogP contribution in [0.3, 0.4) is 0 Å². The van der Waals surface area contributed by atoms with Crippen LogP contribution in [-0.4, -0.2) is 16.0 Å². The molecule has 0 bridgehead atoms. The minimum atomic E-state index is -0.437. The second-order valence-corrected chi connectivity index (χ2v) is 8.32. The van der Waals surface area contributed by atoms with Crippen LogP contribution in [-0.2, 0) is 0 Å². The van der Waals surface area contributed by atoms with Crippen LogP contribution in [0.15, 0.2) is 69.6 Å². The molecule has 0 fully saturated rings. The molecule has 0 aliphatic rings. The second-order valence-electron chi connectivity index (χ2n) is 6.21. The number of thiocarbonyl (C=S) groups is 1. The van der Waals surface area contributed by atoms with Crippen molar-refractivity contribution < 1.29 is 9.21 Å². The Morgan fingerprint density at radius 2 is 1.87 bits per heavy atom. The summed E-state index contributed by atoms with van der Waals surface area (Å²) in [4.78, 5) is 16.9. The number of halogens is 3. The number of rotatable bonds is 3. The number of hydrogen-bond donors (Lipinski definition) is 2. The Hall–Kier alpha value is -2.45. The predicted molar refractivity (Wildman–Crippen MR) is 127 cm³/mol. The molecule has 5 nitrogen and oxygen atoms in total. The smallest absolute Gasteiger partial charge is 0.258 e. The Labute approximate surface area is 195 Å². The first-order chi connectivity index (χ1) is 14.4. The van der Waals surface area contributed by atoms with Crippen LogP contribution >= 0.6 is 51.3 Å². The summed E-state index contributed by atoms with van der Waals surface area (Å²) in [7, 11) is 0. The van der Waals surface area contributed by atoms with Gasteiger partial charge in [0.2, 0.25) is 5.89 Å². The Balaban J connectivity index is 1.50. The third kappa shape index (κ3) is 4.49. The second kappa shape index (κ2) is 8.73. The first-order valence-corrected chi connectivity index (χ1v) is 10.6. The van der Waals surface area contributed by atoms with Crippen LogP contribution in [0.1, 0.15) is 10.4 Å². The average Bonchev–Trinajstić information content (AvgIpc) is 3.11. The van der Waals surface area contributed by atoms with Crippen molar-refractivity contribution in [1.82, 2.24) is 10.3 Å². The van der Waals surface area contributed by atoms with E-state index in [4.69, 9.17) is 39.8 Å². The lowest BCUT2D eigenvalue weighted by Gasteiger charge is -2.10. The van der Waals surface area contributed by atoms with E-state index in [0.717, 1.165) is 10.0 Å². The van der Waals surface area contributed by atoms with Crippen molar-refractivity contribution in [1.29, 1.82) is 0 Å². The minimum absolute atomic E-state index is 0.125. The van der Waals surface area contributed by atoms with Crippen LogP contribution in [0, 0.1) is 0 Å². The average molecular weight is 521 g/mol. The fourth-order valence-electron chi connectivity index (χ4n) is 2.76. The first-order valence-electron chi connectivity index (χ1n) is 8.63. The van der Waals surface area contributed by atoms with Crippen molar-refractivity contribution in [3.63, 3.8) is 0 Å². The number of benzene rings is 3. The molecule has 4 aromatic rings. The largest absolute Gasteiger partial charge is 0.436 e. The van der Waals surface area contributed by atoms with Crippen molar-refractivity contribution in [2.75, 3.05) is 5.32 Å². The van der Waals surface area contributed by atoms with Crippen molar-refractivity contribution in [2.24, 2.45) is 0 Å². The van der Waals surface area contributed by atoms with Gasteiger partial charge in [-0.2, -0.15) is 0 Å². The predicted octanol–water partition coefficient (Wildman–Crippen LogP) is 6.69. The molecule has 30 heavy (non-hydrogen) atoms. The molecule has 0 radical (unpaired) electrons. The van der Waals surface area contributed by atoms with Gasteiger partial charge in [-0.15, -0.1) is 0 Å². The molecule has 9 heteroatoms. The Morgan fingerprint density at radius 3 is 2.63 bits per heavy atom. The quantitative estimate of drug-likeness (QED) is 0.294. The van der Waals surface area contributed by atoms with Crippen LogP contribution in [0.25, 0.3) is 22.6 Å². The standard InChI is InChI=1S/C21H12BrCl2N3O2S/c22-15-4-2-1-3-13(15)20-26-17-10-12(6-8-18(17)29-20)25-21(30)27-19(28)14-7-5-11(23)9-16(14)24/h1-10H,(H2,25,27,28,30). The summed E-state index contributed by atoms with van der Waals surface area (Å²) in [6.07, 6.45) is 0. The van der Waals surface area contributed by atoms with E-state index in [0.29, 0.717) is 27.7 Å². The Kier molecular flexibility index (Phi) is 6.06. The van der Waals surface area contributed by atoms with Gasteiger partial charge in [0.05, 0.1) is 16.1 Å². The van der Waals surface area contributed by atoms with Crippen molar-refractivity contribution >= 4 is 79.2 Å². The molecule has 0 atom stereocenters. The number of aromatic nitrogens is 1. The van der Waals surface area contributed by atoms with Gasteiger partial charge in [0.25, 0.3) is 5.91 Å². The molecule has 0 saturated carbocycles. The van der Waals surface area contributed by atoms with E-state index in [1.165, 1.54) is 12.1 Å². The molecule has 1 aromatic heterocycles. The van der Waals surface area contributed by atoms with Gasteiger partial charge in [-0.1, -0.05) is 35.3 Å². The Bertz CT molecular complexity index is 1290. The van der Waals surface area contributed by atoms with Gasteiger partial charge < -0.3 is 9.73 Å². The normalized spacial score (nSPS) is 10.8. The minimum Gasteiger partial charge on any atom is -0.436 e. The van der Waals surface area contributed by atoms with Gasteiger partial charge in [-0.05, 0) is 76.7 Å². The summed E-state index contributed by atoms with van der Waals surface area (Å²) >= 11 is 20.7. The fraction of sp³-hybridized carbons (Fsp3) is 0. The molecule has 150 valence electrons. The van der Waals surface area contributed by atoms with Gasteiger partial charge in [0, 0.05) is 15.2 Å². The molecule has 1 amide bonds. The molecule has 2 N–H and O–H groups in total. The zero-order valence-corrected chi connectivity index (χ0v) is 19.0. The molecular formula is C21H12BrCl2N3O2S. The van der Waals surface area contributed by atoms with E-state index >= 15 is 0 Å². The van der Waals surface area contributed by atoms with Gasteiger partial charge in [0.1, 0.15) is 5.52 Å². The van der Waals surface area contributed by atoms with E-state index in [-0.39, 0.29) is 15.7 Å². The number of fused-ring (bicyclic) bond motifs is 1. The maximum atomic E-state index is 12.4. The molecule has 4 rings (SSSR count). The highest BCUT2D eigenvalue weighted by Gasteiger charge is 2.14.